The van der Waals surface area contributed by atoms with Crippen LogP contribution in [0.25, 0.3) is 0 Å². The molecule has 1 aromatic rings. The highest BCUT2D eigenvalue weighted by atomic mass is 16.6. The number of aromatic hydroxyl groups is 1. The molecule has 0 amide bonds. The van der Waals surface area contributed by atoms with E-state index in [2.05, 4.69) is 4.74 Å². The molecule has 1 unspecified atom stereocenters. The lowest BCUT2D eigenvalue weighted by Crippen LogP contribution is -2.34. The molecule has 3 N–H and O–H groups in total. The maximum Gasteiger partial charge on any atom is 0.339 e. The monoisotopic (exact) mass is 295 g/mol. The number of rotatable bonds is 4. The third kappa shape index (κ3) is 5.07. The van der Waals surface area contributed by atoms with Gasteiger partial charge in [-0.1, -0.05) is 6.07 Å². The van der Waals surface area contributed by atoms with E-state index in [-0.39, 0.29) is 17.7 Å². The summed E-state index contributed by atoms with van der Waals surface area (Å²) < 4.78 is 9.84. The normalized spacial score (nSPS) is 12.6. The second kappa shape index (κ2) is 6.58. The van der Waals surface area contributed by atoms with Crippen molar-refractivity contribution in [2.75, 3.05) is 7.11 Å². The Morgan fingerprint density at radius 1 is 1.33 bits per heavy atom. The molecule has 6 heteroatoms. The Balaban J connectivity index is 3.05. The van der Waals surface area contributed by atoms with Crippen LogP contribution < -0.4 is 5.73 Å². The Labute approximate surface area is 123 Å². The SMILES string of the molecule is COC(=O)C(N)Cc1ccc(O)cc1C(=O)OC(C)(C)C. The zero-order chi connectivity index (χ0) is 16.2. The van der Waals surface area contributed by atoms with Crippen molar-refractivity contribution in [1.82, 2.24) is 0 Å². The summed E-state index contributed by atoms with van der Waals surface area (Å²) >= 11 is 0. The molecule has 6 nitrogen and oxygen atoms in total. The van der Waals surface area contributed by atoms with Gasteiger partial charge in [0, 0.05) is 0 Å². The van der Waals surface area contributed by atoms with Gasteiger partial charge in [0.2, 0.25) is 0 Å². The van der Waals surface area contributed by atoms with Crippen molar-refractivity contribution in [2.45, 2.75) is 38.8 Å². The van der Waals surface area contributed by atoms with Crippen molar-refractivity contribution in [3.63, 3.8) is 0 Å². The average Bonchev–Trinajstić information content (AvgIpc) is 2.37. The highest BCUT2D eigenvalue weighted by molar-refractivity contribution is 5.92. The van der Waals surface area contributed by atoms with Crippen LogP contribution in [0.3, 0.4) is 0 Å². The second-order valence-electron chi connectivity index (χ2n) is 5.68. The van der Waals surface area contributed by atoms with Gasteiger partial charge in [-0.05, 0) is 44.9 Å². The summed E-state index contributed by atoms with van der Waals surface area (Å²) in [5.41, 5.74) is 5.74. The lowest BCUT2D eigenvalue weighted by molar-refractivity contribution is -0.142. The Hall–Kier alpha value is -2.08. The number of phenols is 1. The van der Waals surface area contributed by atoms with Crippen molar-refractivity contribution >= 4 is 11.9 Å². The number of esters is 2. The first-order valence-corrected chi connectivity index (χ1v) is 6.52. The number of benzene rings is 1. The van der Waals surface area contributed by atoms with E-state index in [0.717, 1.165) is 0 Å². The van der Waals surface area contributed by atoms with Gasteiger partial charge in [-0.25, -0.2) is 4.79 Å². The van der Waals surface area contributed by atoms with Crippen LogP contribution in [0.2, 0.25) is 0 Å². The van der Waals surface area contributed by atoms with Crippen LogP contribution in [0.15, 0.2) is 18.2 Å². The van der Waals surface area contributed by atoms with Crippen LogP contribution in [0.5, 0.6) is 5.75 Å². The molecule has 0 saturated carbocycles. The molecule has 0 bridgehead atoms. The fourth-order valence-corrected chi connectivity index (χ4v) is 1.74. The number of phenolic OH excluding ortho intramolecular Hbond substituents is 1. The molecule has 1 atom stereocenters. The largest absolute Gasteiger partial charge is 0.508 e. The highest BCUT2D eigenvalue weighted by Crippen LogP contribution is 2.21. The summed E-state index contributed by atoms with van der Waals surface area (Å²) in [4.78, 5) is 23.5. The van der Waals surface area contributed by atoms with Crippen LogP contribution in [0.1, 0.15) is 36.7 Å². The van der Waals surface area contributed by atoms with E-state index >= 15 is 0 Å². The predicted molar refractivity (Wildman–Crippen MR) is 77.0 cm³/mol. The fourth-order valence-electron chi connectivity index (χ4n) is 1.74. The number of nitrogens with two attached hydrogens (primary N) is 1. The summed E-state index contributed by atoms with van der Waals surface area (Å²) in [7, 11) is 1.24. The summed E-state index contributed by atoms with van der Waals surface area (Å²) in [6, 6.07) is 3.37. The lowest BCUT2D eigenvalue weighted by Gasteiger charge is -2.21. The molecule has 0 aliphatic carbocycles. The van der Waals surface area contributed by atoms with Gasteiger partial charge in [0.25, 0.3) is 0 Å². The summed E-state index contributed by atoms with van der Waals surface area (Å²) in [5.74, 6) is -1.21. The van der Waals surface area contributed by atoms with Gasteiger partial charge < -0.3 is 20.3 Å². The van der Waals surface area contributed by atoms with E-state index in [4.69, 9.17) is 10.5 Å². The highest BCUT2D eigenvalue weighted by Gasteiger charge is 2.23. The molecule has 1 rings (SSSR count). The standard InChI is InChI=1S/C15H21NO5/c1-15(2,3)21-13(18)11-8-10(17)6-5-9(11)7-12(16)14(19)20-4/h5-6,8,12,17H,7,16H2,1-4H3. The molecule has 0 spiro atoms. The Kier molecular flexibility index (Phi) is 5.32. The zero-order valence-electron chi connectivity index (χ0n) is 12.7. The van der Waals surface area contributed by atoms with Crippen molar-refractivity contribution < 1.29 is 24.2 Å². The van der Waals surface area contributed by atoms with Gasteiger partial charge in [-0.2, -0.15) is 0 Å². The van der Waals surface area contributed by atoms with Crippen molar-refractivity contribution in [2.24, 2.45) is 5.73 Å². The molecule has 0 aromatic heterocycles. The maximum atomic E-state index is 12.2. The molecule has 21 heavy (non-hydrogen) atoms. The van der Waals surface area contributed by atoms with Crippen LogP contribution in [0.4, 0.5) is 0 Å². The van der Waals surface area contributed by atoms with Gasteiger partial charge in [0.05, 0.1) is 12.7 Å². The Morgan fingerprint density at radius 2 is 1.95 bits per heavy atom. The van der Waals surface area contributed by atoms with Crippen molar-refractivity contribution in [3.05, 3.63) is 29.3 Å². The van der Waals surface area contributed by atoms with Crippen LogP contribution >= 0.6 is 0 Å². The quantitative estimate of drug-likeness (QED) is 0.814. The minimum atomic E-state index is -0.888. The lowest BCUT2D eigenvalue weighted by atomic mass is 10.00. The fraction of sp³-hybridized carbons (Fsp3) is 0.467. The van der Waals surface area contributed by atoms with E-state index in [1.54, 1.807) is 20.8 Å². The third-order valence-corrected chi connectivity index (χ3v) is 2.66. The first-order chi connectivity index (χ1) is 9.64. The van der Waals surface area contributed by atoms with E-state index in [1.165, 1.54) is 25.3 Å². The number of carbonyl (C=O) groups is 2. The first kappa shape index (κ1) is 17.0. The molecule has 0 saturated heterocycles. The van der Waals surface area contributed by atoms with Crippen molar-refractivity contribution in [3.8, 4) is 5.75 Å². The third-order valence-electron chi connectivity index (χ3n) is 2.66. The number of carbonyl (C=O) groups excluding carboxylic acids is 2. The second-order valence-corrected chi connectivity index (χ2v) is 5.68. The molecule has 1 aromatic carbocycles. The molecule has 0 heterocycles. The number of hydrogen-bond acceptors (Lipinski definition) is 6. The van der Waals surface area contributed by atoms with Gasteiger partial charge >= 0.3 is 11.9 Å². The molecule has 0 radical (unpaired) electrons. The maximum absolute atomic E-state index is 12.2. The Morgan fingerprint density at radius 3 is 2.48 bits per heavy atom. The minimum Gasteiger partial charge on any atom is -0.508 e. The molecule has 0 aliphatic rings. The first-order valence-electron chi connectivity index (χ1n) is 6.52. The van der Waals surface area contributed by atoms with E-state index in [9.17, 15) is 14.7 Å². The summed E-state index contributed by atoms with van der Waals surface area (Å²) in [6.07, 6.45) is 0.113. The van der Waals surface area contributed by atoms with Crippen LogP contribution in [-0.2, 0) is 20.7 Å². The number of ether oxygens (including phenoxy) is 2. The molecular formula is C15H21NO5. The van der Waals surface area contributed by atoms with E-state index in [1.807, 2.05) is 0 Å². The summed E-state index contributed by atoms with van der Waals surface area (Å²) in [6.45, 7) is 5.23. The predicted octanol–water partition coefficient (Wildman–Crippen LogP) is 1.39. The van der Waals surface area contributed by atoms with Crippen LogP contribution in [0, 0.1) is 0 Å². The average molecular weight is 295 g/mol. The van der Waals surface area contributed by atoms with Gasteiger partial charge in [0.1, 0.15) is 17.4 Å². The summed E-state index contributed by atoms with van der Waals surface area (Å²) in [5, 5.41) is 9.54. The van der Waals surface area contributed by atoms with Crippen molar-refractivity contribution in [1.29, 1.82) is 0 Å². The van der Waals surface area contributed by atoms with Gasteiger partial charge in [-0.15, -0.1) is 0 Å². The smallest absolute Gasteiger partial charge is 0.339 e. The van der Waals surface area contributed by atoms with Gasteiger partial charge in [-0.3, -0.25) is 4.79 Å². The zero-order valence-corrected chi connectivity index (χ0v) is 12.7. The Bertz CT molecular complexity index is 533. The van der Waals surface area contributed by atoms with E-state index in [0.29, 0.717) is 5.56 Å². The number of hydrogen-bond donors (Lipinski definition) is 2. The topological polar surface area (TPSA) is 98.9 Å². The molecule has 0 aliphatic heterocycles. The van der Waals surface area contributed by atoms with Crippen LogP contribution in [-0.4, -0.2) is 35.8 Å². The van der Waals surface area contributed by atoms with Gasteiger partial charge in [0.15, 0.2) is 0 Å². The van der Waals surface area contributed by atoms with E-state index < -0.39 is 23.6 Å². The molecule has 116 valence electrons. The number of methoxy groups -OCH3 is 1. The minimum absolute atomic E-state index is 0.0637. The molecule has 0 fully saturated rings. The molecular weight excluding hydrogens is 274 g/mol.